The highest BCUT2D eigenvalue weighted by atomic mass is 35.5. The summed E-state index contributed by atoms with van der Waals surface area (Å²) in [4.78, 5) is 0. The Bertz CT molecular complexity index is 557. The van der Waals surface area contributed by atoms with Gasteiger partial charge in [0.2, 0.25) is 0 Å². The number of aliphatic hydroxyl groups is 1. The Morgan fingerprint density at radius 1 is 1.42 bits per heavy atom. The first kappa shape index (κ1) is 13.8. The molecule has 5 nitrogen and oxygen atoms in total. The molecule has 0 aliphatic carbocycles. The normalized spacial score (nSPS) is 12.4. The molecule has 1 N–H and O–H groups in total. The van der Waals surface area contributed by atoms with Gasteiger partial charge in [0.1, 0.15) is 18.5 Å². The minimum atomic E-state index is -0.669. The first-order chi connectivity index (χ1) is 9.04. The zero-order valence-electron chi connectivity index (χ0n) is 10.9. The van der Waals surface area contributed by atoms with Gasteiger partial charge in [-0.15, -0.1) is 5.10 Å². The minimum absolute atomic E-state index is 0.155. The molecule has 0 spiro atoms. The molecule has 1 aromatic carbocycles. The summed E-state index contributed by atoms with van der Waals surface area (Å²) in [5.41, 5.74) is 1.87. The zero-order valence-corrected chi connectivity index (χ0v) is 11.6. The number of aliphatic hydroxyl groups excluding tert-OH is 1. The molecule has 2 aromatic rings. The van der Waals surface area contributed by atoms with Crippen LogP contribution in [0.25, 0.3) is 0 Å². The maximum absolute atomic E-state index is 9.88. The molecule has 0 aliphatic rings. The Hall–Kier alpha value is -1.59. The van der Waals surface area contributed by atoms with E-state index in [9.17, 15) is 5.11 Å². The van der Waals surface area contributed by atoms with Crippen LogP contribution < -0.4 is 4.74 Å². The molecule has 0 amide bonds. The fourth-order valence-corrected chi connectivity index (χ4v) is 1.83. The van der Waals surface area contributed by atoms with Crippen LogP contribution in [0, 0.1) is 13.8 Å². The SMILES string of the molecule is Cc1ccc(Cl)c(OCC(O)Cn2cc(C)nn2)c1. The van der Waals surface area contributed by atoms with E-state index in [2.05, 4.69) is 10.3 Å². The number of benzene rings is 1. The fraction of sp³-hybridized carbons (Fsp3) is 0.385. The van der Waals surface area contributed by atoms with Crippen LogP contribution in [0.3, 0.4) is 0 Å². The van der Waals surface area contributed by atoms with Crippen LogP contribution in [0.4, 0.5) is 0 Å². The van der Waals surface area contributed by atoms with Gasteiger partial charge in [-0.3, -0.25) is 0 Å². The van der Waals surface area contributed by atoms with E-state index in [1.165, 1.54) is 0 Å². The first-order valence-corrected chi connectivity index (χ1v) is 6.36. The summed E-state index contributed by atoms with van der Waals surface area (Å²) >= 11 is 6.01. The Balaban J connectivity index is 1.89. The molecule has 2 rings (SSSR count). The zero-order chi connectivity index (χ0) is 13.8. The Morgan fingerprint density at radius 3 is 2.89 bits per heavy atom. The standard InChI is InChI=1S/C13H16ClN3O2/c1-9-3-4-12(14)13(5-9)19-8-11(18)7-17-6-10(2)15-16-17/h3-6,11,18H,7-8H2,1-2H3. The van der Waals surface area contributed by atoms with Crippen LogP contribution in [0.5, 0.6) is 5.75 Å². The van der Waals surface area contributed by atoms with E-state index in [0.29, 0.717) is 17.3 Å². The van der Waals surface area contributed by atoms with Gasteiger partial charge in [-0.05, 0) is 31.5 Å². The first-order valence-electron chi connectivity index (χ1n) is 5.98. The summed E-state index contributed by atoms with van der Waals surface area (Å²) in [6.45, 7) is 4.29. The average Bonchev–Trinajstić information content (AvgIpc) is 2.76. The van der Waals surface area contributed by atoms with Crippen LogP contribution in [0.15, 0.2) is 24.4 Å². The molecule has 0 fully saturated rings. The summed E-state index contributed by atoms with van der Waals surface area (Å²) in [7, 11) is 0. The van der Waals surface area contributed by atoms with Gasteiger partial charge >= 0.3 is 0 Å². The Kier molecular flexibility index (Phi) is 4.39. The molecule has 1 heterocycles. The third kappa shape index (κ3) is 3.94. The molecular weight excluding hydrogens is 266 g/mol. The minimum Gasteiger partial charge on any atom is -0.489 e. The summed E-state index contributed by atoms with van der Waals surface area (Å²) in [6.07, 6.45) is 1.10. The van der Waals surface area contributed by atoms with Gasteiger partial charge in [0.15, 0.2) is 0 Å². The molecule has 0 radical (unpaired) electrons. The predicted molar refractivity (Wildman–Crippen MR) is 72.4 cm³/mol. The van der Waals surface area contributed by atoms with Gasteiger partial charge in [0, 0.05) is 6.20 Å². The third-order valence-electron chi connectivity index (χ3n) is 2.57. The lowest BCUT2D eigenvalue weighted by Gasteiger charge is -2.13. The topological polar surface area (TPSA) is 60.2 Å². The van der Waals surface area contributed by atoms with E-state index < -0.39 is 6.10 Å². The van der Waals surface area contributed by atoms with E-state index in [-0.39, 0.29) is 6.61 Å². The highest BCUT2D eigenvalue weighted by molar-refractivity contribution is 6.32. The van der Waals surface area contributed by atoms with Gasteiger partial charge in [0.05, 0.1) is 17.3 Å². The summed E-state index contributed by atoms with van der Waals surface area (Å²) in [6, 6.07) is 5.53. The number of hydrogen-bond acceptors (Lipinski definition) is 4. The van der Waals surface area contributed by atoms with Crippen molar-refractivity contribution >= 4 is 11.6 Å². The smallest absolute Gasteiger partial charge is 0.138 e. The van der Waals surface area contributed by atoms with Crippen molar-refractivity contribution in [3.8, 4) is 5.75 Å². The molecule has 0 saturated heterocycles. The molecule has 102 valence electrons. The molecule has 0 aliphatic heterocycles. The summed E-state index contributed by atoms with van der Waals surface area (Å²) in [5.74, 6) is 0.579. The van der Waals surface area contributed by atoms with Crippen molar-refractivity contribution in [1.29, 1.82) is 0 Å². The largest absolute Gasteiger partial charge is 0.489 e. The van der Waals surface area contributed by atoms with Crippen molar-refractivity contribution in [2.45, 2.75) is 26.5 Å². The van der Waals surface area contributed by atoms with E-state index in [0.717, 1.165) is 11.3 Å². The maximum atomic E-state index is 9.88. The quantitative estimate of drug-likeness (QED) is 0.910. The second-order valence-corrected chi connectivity index (χ2v) is 4.89. The van der Waals surface area contributed by atoms with E-state index in [1.54, 1.807) is 16.9 Å². The van der Waals surface area contributed by atoms with Crippen molar-refractivity contribution < 1.29 is 9.84 Å². The number of rotatable bonds is 5. The lowest BCUT2D eigenvalue weighted by Crippen LogP contribution is -2.24. The van der Waals surface area contributed by atoms with Crippen LogP contribution >= 0.6 is 11.6 Å². The lowest BCUT2D eigenvalue weighted by molar-refractivity contribution is 0.0888. The van der Waals surface area contributed by atoms with Gasteiger partial charge in [-0.1, -0.05) is 22.9 Å². The molecule has 19 heavy (non-hydrogen) atoms. The highest BCUT2D eigenvalue weighted by Crippen LogP contribution is 2.25. The van der Waals surface area contributed by atoms with Crippen LogP contribution in [-0.2, 0) is 6.54 Å². The second-order valence-electron chi connectivity index (χ2n) is 4.48. The second kappa shape index (κ2) is 6.04. The number of halogens is 1. The van der Waals surface area contributed by atoms with E-state index in [4.69, 9.17) is 16.3 Å². The van der Waals surface area contributed by atoms with E-state index in [1.807, 2.05) is 26.0 Å². The molecule has 6 heteroatoms. The number of aryl methyl sites for hydroxylation is 2. The van der Waals surface area contributed by atoms with Crippen molar-refractivity contribution in [3.63, 3.8) is 0 Å². The van der Waals surface area contributed by atoms with Crippen molar-refractivity contribution in [2.75, 3.05) is 6.61 Å². The average molecular weight is 282 g/mol. The molecule has 1 aromatic heterocycles. The van der Waals surface area contributed by atoms with Crippen molar-refractivity contribution in [1.82, 2.24) is 15.0 Å². The number of aromatic nitrogens is 3. The predicted octanol–water partition coefficient (Wildman–Crippen LogP) is 1.99. The monoisotopic (exact) mass is 281 g/mol. The van der Waals surface area contributed by atoms with Crippen LogP contribution in [-0.4, -0.2) is 32.8 Å². The number of nitrogens with zero attached hydrogens (tertiary/aromatic N) is 3. The van der Waals surface area contributed by atoms with E-state index >= 15 is 0 Å². The number of hydrogen-bond donors (Lipinski definition) is 1. The van der Waals surface area contributed by atoms with Gasteiger partial charge in [-0.2, -0.15) is 0 Å². The maximum Gasteiger partial charge on any atom is 0.138 e. The highest BCUT2D eigenvalue weighted by Gasteiger charge is 2.09. The van der Waals surface area contributed by atoms with Gasteiger partial charge in [-0.25, -0.2) is 4.68 Å². The Labute approximate surface area is 116 Å². The lowest BCUT2D eigenvalue weighted by atomic mass is 10.2. The number of ether oxygens (including phenoxy) is 1. The fourth-order valence-electron chi connectivity index (χ4n) is 1.66. The van der Waals surface area contributed by atoms with Gasteiger partial charge in [0.25, 0.3) is 0 Å². The molecule has 1 unspecified atom stereocenters. The van der Waals surface area contributed by atoms with Crippen LogP contribution in [0.2, 0.25) is 5.02 Å². The Morgan fingerprint density at radius 2 is 2.21 bits per heavy atom. The summed E-state index contributed by atoms with van der Waals surface area (Å²) in [5, 5.41) is 18.1. The molecule has 1 atom stereocenters. The molecule has 0 bridgehead atoms. The van der Waals surface area contributed by atoms with Gasteiger partial charge < -0.3 is 9.84 Å². The molecular formula is C13H16ClN3O2. The van der Waals surface area contributed by atoms with Crippen molar-refractivity contribution in [3.05, 3.63) is 40.7 Å². The van der Waals surface area contributed by atoms with Crippen LogP contribution in [0.1, 0.15) is 11.3 Å². The molecule has 0 saturated carbocycles. The third-order valence-corrected chi connectivity index (χ3v) is 2.88. The van der Waals surface area contributed by atoms with Crippen molar-refractivity contribution in [2.24, 2.45) is 0 Å². The summed E-state index contributed by atoms with van der Waals surface area (Å²) < 4.78 is 7.10.